The van der Waals surface area contributed by atoms with Gasteiger partial charge >= 0.3 is 0 Å². The number of hydrogen-bond acceptors (Lipinski definition) is 6. The topological polar surface area (TPSA) is 57.5 Å². The van der Waals surface area contributed by atoms with E-state index in [0.29, 0.717) is 0 Å². The van der Waals surface area contributed by atoms with Crippen molar-refractivity contribution in [3.63, 3.8) is 0 Å². The number of anilines is 1. The number of likely N-dealkylation sites (tertiary alicyclic amines) is 1. The maximum atomic E-state index is 4.86. The van der Waals surface area contributed by atoms with Gasteiger partial charge in [0.05, 0.1) is 18.3 Å². The largest absolute Gasteiger partial charge is 0.368 e. The lowest BCUT2D eigenvalue weighted by Crippen LogP contribution is -2.58. The van der Waals surface area contributed by atoms with Crippen LogP contribution in [-0.2, 0) is 13.6 Å². The van der Waals surface area contributed by atoms with Crippen LogP contribution < -0.4 is 10.6 Å². The molecule has 4 rings (SSSR count). The smallest absolute Gasteiger partial charge is 0.199 e. The van der Waals surface area contributed by atoms with Crippen molar-refractivity contribution in [3.05, 3.63) is 28.6 Å². The van der Waals surface area contributed by atoms with E-state index in [1.807, 2.05) is 17.9 Å². The normalized spacial score (nSPS) is 20.0. The minimum absolute atomic E-state index is 0.0974. The first-order valence-corrected chi connectivity index (χ1v) is 8.88. The van der Waals surface area contributed by atoms with E-state index in [1.54, 1.807) is 11.3 Å². The summed E-state index contributed by atoms with van der Waals surface area (Å²) in [5, 5.41) is 13.9. The van der Waals surface area contributed by atoms with Gasteiger partial charge < -0.3 is 15.5 Å². The summed E-state index contributed by atoms with van der Waals surface area (Å²) < 4.78 is 1.83. The van der Waals surface area contributed by atoms with Crippen LogP contribution in [0.15, 0.2) is 28.7 Å². The summed E-state index contributed by atoms with van der Waals surface area (Å²) >= 11 is 1.77. The van der Waals surface area contributed by atoms with E-state index >= 15 is 0 Å². The van der Waals surface area contributed by atoms with Gasteiger partial charge in [0.2, 0.25) is 0 Å². The van der Waals surface area contributed by atoms with Gasteiger partial charge in [-0.1, -0.05) is 6.07 Å². The van der Waals surface area contributed by atoms with Gasteiger partial charge in [-0.25, -0.2) is 4.99 Å². The number of hydrogen-bond donors (Lipinski definition) is 2. The highest BCUT2D eigenvalue weighted by Gasteiger charge is 2.42. The highest BCUT2D eigenvalue weighted by atomic mass is 32.1. The van der Waals surface area contributed by atoms with Crippen molar-refractivity contribution >= 4 is 28.7 Å². The molecule has 0 radical (unpaired) electrons. The van der Waals surface area contributed by atoms with Crippen LogP contribution in [0.5, 0.6) is 0 Å². The van der Waals surface area contributed by atoms with Crippen LogP contribution in [0, 0.1) is 0 Å². The maximum Gasteiger partial charge on any atom is 0.199 e. The van der Waals surface area contributed by atoms with Crippen LogP contribution in [-0.4, -0.2) is 46.2 Å². The van der Waals surface area contributed by atoms with E-state index < -0.39 is 0 Å². The predicted molar refractivity (Wildman–Crippen MR) is 94.5 cm³/mol. The first kappa shape index (κ1) is 14.7. The van der Waals surface area contributed by atoms with Gasteiger partial charge in [-0.3, -0.25) is 4.68 Å². The van der Waals surface area contributed by atoms with Crippen molar-refractivity contribution in [1.29, 1.82) is 0 Å². The van der Waals surface area contributed by atoms with Gasteiger partial charge in [0, 0.05) is 25.0 Å². The number of aryl methyl sites for hydroxylation is 1. The molecule has 0 unspecified atom stereocenters. The Morgan fingerprint density at radius 1 is 1.35 bits per heavy atom. The summed E-state index contributed by atoms with van der Waals surface area (Å²) in [7, 11) is 4.12. The molecule has 2 aliphatic heterocycles. The van der Waals surface area contributed by atoms with Gasteiger partial charge in [0.25, 0.3) is 0 Å². The van der Waals surface area contributed by atoms with E-state index in [-0.39, 0.29) is 5.54 Å². The maximum absolute atomic E-state index is 4.86. The molecule has 0 aromatic carbocycles. The lowest BCUT2D eigenvalue weighted by atomic mass is 9.85. The molecule has 0 atom stereocenters. The molecular weight excluding hydrogens is 308 g/mol. The van der Waals surface area contributed by atoms with Crippen LogP contribution in [0.3, 0.4) is 0 Å². The van der Waals surface area contributed by atoms with Crippen molar-refractivity contribution in [2.24, 2.45) is 12.0 Å². The monoisotopic (exact) mass is 330 g/mol. The van der Waals surface area contributed by atoms with E-state index in [2.05, 4.69) is 45.2 Å². The first-order valence-electron chi connectivity index (χ1n) is 8.00. The third kappa shape index (κ3) is 2.74. The molecule has 2 aliphatic rings. The van der Waals surface area contributed by atoms with Crippen molar-refractivity contribution in [3.8, 4) is 0 Å². The highest BCUT2D eigenvalue weighted by Crippen LogP contribution is 2.37. The molecule has 2 N–H and O–H groups in total. The van der Waals surface area contributed by atoms with E-state index in [0.717, 1.165) is 49.8 Å². The number of aromatic nitrogens is 2. The molecular formula is C16H22N6S. The van der Waals surface area contributed by atoms with Gasteiger partial charge in [-0.15, -0.1) is 11.3 Å². The molecule has 1 spiro atoms. The average molecular weight is 330 g/mol. The zero-order chi connectivity index (χ0) is 15.9. The Hall–Kier alpha value is -1.86. The standard InChI is InChI=1S/C16H22N6S/c1-21-7-5-16(6-8-21)15(17-10-12-4-3-9-23-12)18-14-13(19-16)11-22(2)20-14/h3-4,9,11,19H,5-8,10H2,1-2H3,(H,17,18,20). The number of thiophene rings is 1. The summed E-state index contributed by atoms with van der Waals surface area (Å²) in [4.78, 5) is 8.56. The number of nitrogens with zero attached hydrogens (tertiary/aromatic N) is 4. The molecule has 0 saturated carbocycles. The molecule has 0 aliphatic carbocycles. The van der Waals surface area contributed by atoms with Crippen LogP contribution in [0.25, 0.3) is 0 Å². The van der Waals surface area contributed by atoms with Gasteiger partial charge in [0.1, 0.15) is 11.5 Å². The minimum Gasteiger partial charge on any atom is -0.368 e. The van der Waals surface area contributed by atoms with Crippen molar-refractivity contribution in [2.45, 2.75) is 24.9 Å². The molecule has 1 saturated heterocycles. The molecule has 6 nitrogen and oxygen atoms in total. The van der Waals surface area contributed by atoms with Gasteiger partial charge in [-0.2, -0.15) is 5.10 Å². The van der Waals surface area contributed by atoms with Crippen LogP contribution >= 0.6 is 11.3 Å². The molecule has 2 aromatic heterocycles. The number of aliphatic imine (C=N–C) groups is 1. The second-order valence-corrected chi connectivity index (χ2v) is 7.48. The predicted octanol–water partition coefficient (Wildman–Crippen LogP) is 2.19. The summed E-state index contributed by atoms with van der Waals surface area (Å²) in [6.45, 7) is 2.96. The fourth-order valence-corrected chi connectivity index (χ4v) is 3.98. The Balaban J connectivity index is 1.63. The average Bonchev–Trinajstić information content (AvgIpc) is 3.16. The Morgan fingerprint density at radius 2 is 2.17 bits per heavy atom. The molecule has 2 aromatic rings. The van der Waals surface area contributed by atoms with E-state index in [1.165, 1.54) is 4.88 Å². The second kappa shape index (κ2) is 5.65. The summed E-state index contributed by atoms with van der Waals surface area (Å²) in [5.41, 5.74) is 0.943. The Kier molecular flexibility index (Phi) is 3.61. The zero-order valence-corrected chi connectivity index (χ0v) is 14.4. The Bertz CT molecular complexity index is 709. The number of rotatable bonds is 2. The summed E-state index contributed by atoms with van der Waals surface area (Å²) in [6.07, 6.45) is 4.12. The third-order valence-electron chi connectivity index (χ3n) is 4.71. The van der Waals surface area contributed by atoms with E-state index in [4.69, 9.17) is 4.99 Å². The summed E-state index contributed by atoms with van der Waals surface area (Å²) in [5.74, 6) is 1.82. The molecule has 0 amide bonds. The first-order chi connectivity index (χ1) is 11.1. The summed E-state index contributed by atoms with van der Waals surface area (Å²) in [6, 6.07) is 4.24. The van der Waals surface area contributed by atoms with Crippen LogP contribution in [0.4, 0.5) is 11.5 Å². The van der Waals surface area contributed by atoms with Crippen molar-refractivity contribution < 1.29 is 0 Å². The molecule has 0 bridgehead atoms. The number of amidine groups is 1. The number of fused-ring (bicyclic) bond motifs is 1. The Morgan fingerprint density at radius 3 is 2.91 bits per heavy atom. The molecule has 4 heterocycles. The fraction of sp³-hybridized carbons (Fsp3) is 0.500. The van der Waals surface area contributed by atoms with Crippen molar-refractivity contribution in [2.75, 3.05) is 25.5 Å². The SMILES string of the molecule is CN1CCC2(CC1)Nc1cn(C)nc1N=C2NCc1cccs1. The van der Waals surface area contributed by atoms with Gasteiger partial charge in [-0.05, 0) is 31.3 Å². The molecule has 7 heteroatoms. The second-order valence-electron chi connectivity index (χ2n) is 6.44. The quantitative estimate of drug-likeness (QED) is 0.886. The van der Waals surface area contributed by atoms with E-state index in [9.17, 15) is 0 Å². The lowest BCUT2D eigenvalue weighted by molar-refractivity contribution is 0.238. The lowest BCUT2D eigenvalue weighted by Gasteiger charge is -2.44. The van der Waals surface area contributed by atoms with Crippen LogP contribution in [0.1, 0.15) is 17.7 Å². The minimum atomic E-state index is -0.0974. The van der Waals surface area contributed by atoms with Crippen LogP contribution in [0.2, 0.25) is 0 Å². The highest BCUT2D eigenvalue weighted by molar-refractivity contribution is 7.09. The van der Waals surface area contributed by atoms with Gasteiger partial charge in [0.15, 0.2) is 5.82 Å². The molecule has 1 fully saturated rings. The molecule has 122 valence electrons. The Labute approximate surface area is 140 Å². The number of piperidine rings is 1. The number of nitrogens with one attached hydrogen (secondary N) is 2. The fourth-order valence-electron chi connectivity index (χ4n) is 3.33. The third-order valence-corrected chi connectivity index (χ3v) is 5.58. The zero-order valence-electron chi connectivity index (χ0n) is 13.5. The molecule has 23 heavy (non-hydrogen) atoms. The van der Waals surface area contributed by atoms with Crippen molar-refractivity contribution in [1.82, 2.24) is 20.0 Å².